The molecule has 0 bridgehead atoms. The van der Waals surface area contributed by atoms with Crippen molar-refractivity contribution in [3.63, 3.8) is 0 Å². The molecule has 0 spiro atoms. The van der Waals surface area contributed by atoms with Gasteiger partial charge in [0.15, 0.2) is 0 Å². The van der Waals surface area contributed by atoms with Gasteiger partial charge in [0, 0.05) is 23.6 Å². The van der Waals surface area contributed by atoms with Crippen molar-refractivity contribution in [1.29, 1.82) is 0 Å². The first-order valence-electron chi connectivity index (χ1n) is 7.70. The molecule has 2 aromatic carbocycles. The molecular weight excluding hydrogens is 302 g/mol. The number of fused-ring (bicyclic) bond motifs is 1. The van der Waals surface area contributed by atoms with Crippen molar-refractivity contribution in [3.8, 4) is 0 Å². The zero-order valence-corrected chi connectivity index (χ0v) is 13.7. The SMILES string of the molecule is Cc1c(CC(=O)Nc2ccccc2C(N)=O)c2ccccc2n1C. The molecule has 3 rings (SSSR count). The van der Waals surface area contributed by atoms with E-state index in [0.29, 0.717) is 11.3 Å². The van der Waals surface area contributed by atoms with Gasteiger partial charge in [-0.3, -0.25) is 9.59 Å². The van der Waals surface area contributed by atoms with Gasteiger partial charge in [0.25, 0.3) is 5.91 Å². The quantitative estimate of drug-likeness (QED) is 0.775. The maximum absolute atomic E-state index is 12.5. The Labute approximate surface area is 140 Å². The van der Waals surface area contributed by atoms with Crippen LogP contribution in [0.5, 0.6) is 0 Å². The van der Waals surface area contributed by atoms with E-state index < -0.39 is 5.91 Å². The molecule has 1 aromatic heterocycles. The predicted octanol–water partition coefficient (Wildman–Crippen LogP) is 2.77. The second kappa shape index (κ2) is 6.20. The van der Waals surface area contributed by atoms with Gasteiger partial charge in [0.2, 0.25) is 5.91 Å². The average molecular weight is 321 g/mol. The van der Waals surface area contributed by atoms with E-state index in [1.807, 2.05) is 38.2 Å². The zero-order chi connectivity index (χ0) is 17.3. The first-order valence-corrected chi connectivity index (χ1v) is 7.70. The van der Waals surface area contributed by atoms with E-state index in [9.17, 15) is 9.59 Å². The van der Waals surface area contributed by atoms with Crippen molar-refractivity contribution in [2.45, 2.75) is 13.3 Å². The highest BCUT2D eigenvalue weighted by Gasteiger charge is 2.16. The summed E-state index contributed by atoms with van der Waals surface area (Å²) in [4.78, 5) is 24.0. The molecule has 122 valence electrons. The number of aromatic nitrogens is 1. The number of hydrogen-bond acceptors (Lipinski definition) is 2. The van der Waals surface area contributed by atoms with Crippen molar-refractivity contribution < 1.29 is 9.59 Å². The van der Waals surface area contributed by atoms with Crippen molar-refractivity contribution >= 4 is 28.4 Å². The van der Waals surface area contributed by atoms with Crippen molar-refractivity contribution in [2.75, 3.05) is 5.32 Å². The van der Waals surface area contributed by atoms with E-state index in [2.05, 4.69) is 9.88 Å². The number of amides is 2. The van der Waals surface area contributed by atoms with Crippen LogP contribution < -0.4 is 11.1 Å². The number of anilines is 1. The Balaban J connectivity index is 1.89. The summed E-state index contributed by atoms with van der Waals surface area (Å²) >= 11 is 0. The van der Waals surface area contributed by atoms with Crippen LogP contribution in [0, 0.1) is 6.92 Å². The number of aryl methyl sites for hydroxylation is 1. The largest absolute Gasteiger partial charge is 0.366 e. The topological polar surface area (TPSA) is 77.1 Å². The molecule has 5 nitrogen and oxygen atoms in total. The lowest BCUT2D eigenvalue weighted by Gasteiger charge is -2.09. The summed E-state index contributed by atoms with van der Waals surface area (Å²) in [7, 11) is 1.99. The third kappa shape index (κ3) is 2.76. The van der Waals surface area contributed by atoms with Crippen molar-refractivity contribution in [2.24, 2.45) is 12.8 Å². The Bertz CT molecular complexity index is 941. The van der Waals surface area contributed by atoms with Crippen molar-refractivity contribution in [1.82, 2.24) is 4.57 Å². The lowest BCUT2D eigenvalue weighted by molar-refractivity contribution is -0.115. The number of benzene rings is 2. The molecule has 0 aliphatic carbocycles. The summed E-state index contributed by atoms with van der Waals surface area (Å²) in [6.07, 6.45) is 0.236. The van der Waals surface area contributed by atoms with Crippen LogP contribution in [0.2, 0.25) is 0 Å². The molecule has 3 aromatic rings. The maximum Gasteiger partial charge on any atom is 0.250 e. The first kappa shape index (κ1) is 15.8. The van der Waals surface area contributed by atoms with Gasteiger partial charge in [-0.15, -0.1) is 0 Å². The van der Waals surface area contributed by atoms with Gasteiger partial charge in [0.1, 0.15) is 0 Å². The molecule has 0 saturated carbocycles. The van der Waals surface area contributed by atoms with Crippen LogP contribution in [-0.2, 0) is 18.3 Å². The molecule has 0 fully saturated rings. The van der Waals surface area contributed by atoms with E-state index in [0.717, 1.165) is 22.2 Å². The average Bonchev–Trinajstić information content (AvgIpc) is 2.80. The lowest BCUT2D eigenvalue weighted by atomic mass is 10.1. The molecule has 5 heteroatoms. The number of nitrogens with zero attached hydrogens (tertiary/aromatic N) is 1. The number of nitrogens with two attached hydrogens (primary N) is 1. The van der Waals surface area contributed by atoms with Gasteiger partial charge in [0.05, 0.1) is 17.7 Å². The van der Waals surface area contributed by atoms with E-state index in [1.165, 1.54) is 0 Å². The number of hydrogen-bond donors (Lipinski definition) is 2. The smallest absolute Gasteiger partial charge is 0.250 e. The van der Waals surface area contributed by atoms with Gasteiger partial charge in [-0.1, -0.05) is 30.3 Å². The normalized spacial score (nSPS) is 10.8. The summed E-state index contributed by atoms with van der Waals surface area (Å²) in [6, 6.07) is 14.7. The Kier molecular flexibility index (Phi) is 4.08. The number of nitrogens with one attached hydrogen (secondary N) is 1. The molecule has 1 heterocycles. The van der Waals surface area contributed by atoms with E-state index in [1.54, 1.807) is 24.3 Å². The maximum atomic E-state index is 12.5. The number of para-hydroxylation sites is 2. The van der Waals surface area contributed by atoms with Gasteiger partial charge >= 0.3 is 0 Å². The molecular formula is C19H19N3O2. The molecule has 0 saturated heterocycles. The zero-order valence-electron chi connectivity index (χ0n) is 13.7. The molecule has 2 amide bonds. The van der Waals surface area contributed by atoms with E-state index in [4.69, 9.17) is 5.73 Å². The molecule has 0 radical (unpaired) electrons. The van der Waals surface area contributed by atoms with Gasteiger partial charge in [-0.05, 0) is 30.7 Å². The monoisotopic (exact) mass is 321 g/mol. The summed E-state index contributed by atoms with van der Waals surface area (Å²) in [5, 5.41) is 3.86. The fourth-order valence-electron chi connectivity index (χ4n) is 2.98. The third-order valence-electron chi connectivity index (χ3n) is 4.33. The fraction of sp³-hybridized carbons (Fsp3) is 0.158. The van der Waals surface area contributed by atoms with Crippen LogP contribution in [0.25, 0.3) is 10.9 Å². The van der Waals surface area contributed by atoms with Crippen LogP contribution in [0.4, 0.5) is 5.69 Å². The van der Waals surface area contributed by atoms with Crippen LogP contribution in [0.15, 0.2) is 48.5 Å². The van der Waals surface area contributed by atoms with Crippen LogP contribution in [0.3, 0.4) is 0 Å². The molecule has 0 aliphatic heterocycles. The summed E-state index contributed by atoms with van der Waals surface area (Å²) in [6.45, 7) is 2.00. The number of rotatable bonds is 4. The second-order valence-electron chi connectivity index (χ2n) is 5.77. The molecule has 0 unspecified atom stereocenters. The minimum Gasteiger partial charge on any atom is -0.366 e. The molecule has 0 aliphatic rings. The van der Waals surface area contributed by atoms with Crippen LogP contribution in [0.1, 0.15) is 21.6 Å². The van der Waals surface area contributed by atoms with E-state index >= 15 is 0 Å². The highest BCUT2D eigenvalue weighted by Crippen LogP contribution is 2.25. The molecule has 0 atom stereocenters. The first-order chi connectivity index (χ1) is 11.5. The fourth-order valence-corrected chi connectivity index (χ4v) is 2.98. The Morgan fingerprint density at radius 1 is 1.08 bits per heavy atom. The van der Waals surface area contributed by atoms with Gasteiger partial charge in [-0.25, -0.2) is 0 Å². The number of carbonyl (C=O) groups is 2. The van der Waals surface area contributed by atoms with E-state index in [-0.39, 0.29) is 12.3 Å². The summed E-state index contributed by atoms with van der Waals surface area (Å²) < 4.78 is 2.08. The molecule has 3 N–H and O–H groups in total. The minimum absolute atomic E-state index is 0.178. The Hall–Kier alpha value is -3.08. The third-order valence-corrected chi connectivity index (χ3v) is 4.33. The second-order valence-corrected chi connectivity index (χ2v) is 5.77. The summed E-state index contributed by atoms with van der Waals surface area (Å²) in [5.74, 6) is -0.740. The Morgan fingerprint density at radius 2 is 1.75 bits per heavy atom. The number of carbonyl (C=O) groups excluding carboxylic acids is 2. The van der Waals surface area contributed by atoms with Gasteiger partial charge in [-0.2, -0.15) is 0 Å². The molecule has 24 heavy (non-hydrogen) atoms. The van der Waals surface area contributed by atoms with Crippen molar-refractivity contribution in [3.05, 3.63) is 65.4 Å². The van der Waals surface area contributed by atoms with Gasteiger partial charge < -0.3 is 15.6 Å². The Morgan fingerprint density at radius 3 is 2.50 bits per heavy atom. The standard InChI is InChI=1S/C19H19N3O2/c1-12-15(13-7-4-6-10-17(13)22(12)2)11-18(23)21-16-9-5-3-8-14(16)19(20)24/h3-10H,11H2,1-2H3,(H2,20,24)(H,21,23). The summed E-state index contributed by atoms with van der Waals surface area (Å²) in [5.41, 5.74) is 9.23. The predicted molar refractivity (Wildman–Crippen MR) is 94.9 cm³/mol. The van der Waals surface area contributed by atoms with Crippen LogP contribution in [-0.4, -0.2) is 16.4 Å². The lowest BCUT2D eigenvalue weighted by Crippen LogP contribution is -2.19. The minimum atomic E-state index is -0.563. The highest BCUT2D eigenvalue weighted by molar-refractivity contribution is 6.04. The number of primary amides is 1. The van der Waals surface area contributed by atoms with Crippen LogP contribution >= 0.6 is 0 Å². The highest BCUT2D eigenvalue weighted by atomic mass is 16.2.